The lowest BCUT2D eigenvalue weighted by Gasteiger charge is -2.16. The maximum Gasteiger partial charge on any atom is 0.0594 e. The molecule has 0 aromatic carbocycles. The molecule has 19 heavy (non-hydrogen) atoms. The molecule has 0 aromatic rings. The Morgan fingerprint density at radius 1 is 0.842 bits per heavy atom. The van der Waals surface area contributed by atoms with Crippen LogP contribution in [0.4, 0.5) is 0 Å². The summed E-state index contributed by atoms with van der Waals surface area (Å²) < 4.78 is 5.84. The fraction of sp³-hybridized carbons (Fsp3) is 1.00. The highest BCUT2D eigenvalue weighted by atomic mass is 16.5. The number of hydrogen-bond donors (Lipinski definition) is 1. The number of rotatable bonds is 14. The van der Waals surface area contributed by atoms with Gasteiger partial charge < -0.3 is 10.1 Å². The van der Waals surface area contributed by atoms with Gasteiger partial charge in [0.2, 0.25) is 0 Å². The summed E-state index contributed by atoms with van der Waals surface area (Å²) in [5.74, 6) is 0. The predicted octanol–water partition coefficient (Wildman–Crippen LogP) is 4.92. The molecule has 0 spiro atoms. The van der Waals surface area contributed by atoms with E-state index in [0.717, 1.165) is 13.2 Å². The summed E-state index contributed by atoms with van der Waals surface area (Å²) in [6.45, 7) is 10.8. The van der Waals surface area contributed by atoms with E-state index < -0.39 is 0 Å². The topological polar surface area (TPSA) is 21.3 Å². The average Bonchev–Trinajstić information content (AvgIpc) is 2.40. The van der Waals surface area contributed by atoms with Crippen LogP contribution in [-0.2, 0) is 4.74 Å². The van der Waals surface area contributed by atoms with Gasteiger partial charge in [0.05, 0.1) is 12.7 Å². The zero-order valence-electron chi connectivity index (χ0n) is 13.8. The molecule has 116 valence electrons. The summed E-state index contributed by atoms with van der Waals surface area (Å²) in [5, 5.41) is 3.55. The molecule has 0 bridgehead atoms. The van der Waals surface area contributed by atoms with E-state index in [1.54, 1.807) is 0 Å². The molecule has 0 fully saturated rings. The molecule has 0 aliphatic heterocycles. The molecule has 2 nitrogen and oxygen atoms in total. The first-order valence-electron chi connectivity index (χ1n) is 8.55. The van der Waals surface area contributed by atoms with Crippen molar-refractivity contribution in [2.24, 2.45) is 0 Å². The lowest BCUT2D eigenvalue weighted by Crippen LogP contribution is -2.30. The van der Waals surface area contributed by atoms with Crippen LogP contribution < -0.4 is 5.32 Å². The number of hydrogen-bond acceptors (Lipinski definition) is 2. The molecule has 2 atom stereocenters. The maximum absolute atomic E-state index is 5.84. The first-order chi connectivity index (χ1) is 9.20. The third-order valence-electron chi connectivity index (χ3n) is 3.70. The summed E-state index contributed by atoms with van der Waals surface area (Å²) in [6.07, 6.45) is 12.3. The van der Waals surface area contributed by atoms with Crippen LogP contribution in [0.1, 0.15) is 85.5 Å². The number of unbranched alkanes of at least 4 members (excludes halogenated alkanes) is 5. The normalized spacial score (nSPS) is 14.5. The monoisotopic (exact) mass is 271 g/mol. The fourth-order valence-corrected chi connectivity index (χ4v) is 2.31. The van der Waals surface area contributed by atoms with E-state index in [4.69, 9.17) is 4.74 Å². The van der Waals surface area contributed by atoms with Gasteiger partial charge >= 0.3 is 0 Å². The SMILES string of the molecule is CCCCCCC(C)OCCNC(C)CCCCC. The van der Waals surface area contributed by atoms with Gasteiger partial charge in [0.1, 0.15) is 0 Å². The summed E-state index contributed by atoms with van der Waals surface area (Å²) in [6, 6.07) is 0.634. The van der Waals surface area contributed by atoms with E-state index in [0.29, 0.717) is 12.1 Å². The quantitative estimate of drug-likeness (QED) is 0.453. The molecule has 0 radical (unpaired) electrons. The molecule has 0 aromatic heterocycles. The van der Waals surface area contributed by atoms with Crippen LogP contribution in [0.5, 0.6) is 0 Å². The molecule has 0 rings (SSSR count). The van der Waals surface area contributed by atoms with Gasteiger partial charge in [-0.2, -0.15) is 0 Å². The van der Waals surface area contributed by atoms with E-state index in [1.165, 1.54) is 57.8 Å². The zero-order valence-corrected chi connectivity index (χ0v) is 13.8. The van der Waals surface area contributed by atoms with Crippen LogP contribution in [0.3, 0.4) is 0 Å². The first kappa shape index (κ1) is 18.9. The summed E-state index contributed by atoms with van der Waals surface area (Å²) >= 11 is 0. The Hall–Kier alpha value is -0.0800. The highest BCUT2D eigenvalue weighted by Crippen LogP contribution is 2.07. The van der Waals surface area contributed by atoms with E-state index in [-0.39, 0.29) is 0 Å². The largest absolute Gasteiger partial charge is 0.377 e. The van der Waals surface area contributed by atoms with Crippen LogP contribution >= 0.6 is 0 Å². The molecular weight excluding hydrogens is 234 g/mol. The van der Waals surface area contributed by atoms with Crippen LogP contribution in [0.2, 0.25) is 0 Å². The molecule has 2 heteroatoms. The molecule has 0 saturated heterocycles. The third kappa shape index (κ3) is 14.1. The van der Waals surface area contributed by atoms with Crippen LogP contribution in [0.25, 0.3) is 0 Å². The maximum atomic E-state index is 5.84. The van der Waals surface area contributed by atoms with Crippen molar-refractivity contribution in [1.82, 2.24) is 5.32 Å². The van der Waals surface area contributed by atoms with Crippen molar-refractivity contribution < 1.29 is 4.74 Å². The number of nitrogens with one attached hydrogen (secondary N) is 1. The number of ether oxygens (including phenoxy) is 1. The Balaban J connectivity index is 3.27. The third-order valence-corrected chi connectivity index (χ3v) is 3.70. The minimum atomic E-state index is 0.425. The summed E-state index contributed by atoms with van der Waals surface area (Å²) in [7, 11) is 0. The fourth-order valence-electron chi connectivity index (χ4n) is 2.31. The molecule has 1 N–H and O–H groups in total. The zero-order chi connectivity index (χ0) is 14.3. The standard InChI is InChI=1S/C17H37NO/c1-5-7-9-11-13-17(4)19-15-14-18-16(3)12-10-8-6-2/h16-18H,5-15H2,1-4H3. The van der Waals surface area contributed by atoms with Gasteiger partial charge in [-0.3, -0.25) is 0 Å². The summed E-state index contributed by atoms with van der Waals surface area (Å²) in [5.41, 5.74) is 0. The van der Waals surface area contributed by atoms with Crippen molar-refractivity contribution in [2.45, 2.75) is 97.6 Å². The average molecular weight is 271 g/mol. The molecular formula is C17H37NO. The van der Waals surface area contributed by atoms with Gasteiger partial charge in [-0.05, 0) is 26.7 Å². The Bertz CT molecular complexity index is 173. The van der Waals surface area contributed by atoms with Crippen LogP contribution in [0.15, 0.2) is 0 Å². The van der Waals surface area contributed by atoms with Crippen LogP contribution in [0, 0.1) is 0 Å². The molecule has 0 amide bonds. The van der Waals surface area contributed by atoms with Crippen molar-refractivity contribution in [1.29, 1.82) is 0 Å². The van der Waals surface area contributed by atoms with Crippen molar-refractivity contribution in [3.63, 3.8) is 0 Å². The Morgan fingerprint density at radius 3 is 2.16 bits per heavy atom. The molecule has 0 aliphatic carbocycles. The molecule has 2 unspecified atom stereocenters. The van der Waals surface area contributed by atoms with Gasteiger partial charge in [0.15, 0.2) is 0 Å². The molecule has 0 saturated carbocycles. The highest BCUT2D eigenvalue weighted by molar-refractivity contribution is 4.60. The summed E-state index contributed by atoms with van der Waals surface area (Å²) in [4.78, 5) is 0. The second-order valence-electron chi connectivity index (χ2n) is 5.88. The Labute approximate surface area is 121 Å². The second-order valence-corrected chi connectivity index (χ2v) is 5.88. The van der Waals surface area contributed by atoms with Gasteiger partial charge in [0, 0.05) is 12.6 Å². The van der Waals surface area contributed by atoms with E-state index in [2.05, 4.69) is 33.0 Å². The minimum absolute atomic E-state index is 0.425. The Morgan fingerprint density at radius 2 is 1.47 bits per heavy atom. The van der Waals surface area contributed by atoms with Crippen LogP contribution in [-0.4, -0.2) is 25.3 Å². The lowest BCUT2D eigenvalue weighted by molar-refractivity contribution is 0.0592. The molecule has 0 heterocycles. The Kier molecular flexibility index (Phi) is 14.3. The van der Waals surface area contributed by atoms with Crippen molar-refractivity contribution >= 4 is 0 Å². The van der Waals surface area contributed by atoms with Crippen molar-refractivity contribution in [3.8, 4) is 0 Å². The smallest absolute Gasteiger partial charge is 0.0594 e. The highest BCUT2D eigenvalue weighted by Gasteiger charge is 2.03. The van der Waals surface area contributed by atoms with E-state index in [1.807, 2.05) is 0 Å². The van der Waals surface area contributed by atoms with E-state index in [9.17, 15) is 0 Å². The van der Waals surface area contributed by atoms with Gasteiger partial charge in [-0.15, -0.1) is 0 Å². The predicted molar refractivity (Wildman–Crippen MR) is 85.8 cm³/mol. The second kappa shape index (κ2) is 14.3. The van der Waals surface area contributed by atoms with E-state index >= 15 is 0 Å². The molecule has 0 aliphatic rings. The van der Waals surface area contributed by atoms with Crippen molar-refractivity contribution in [2.75, 3.05) is 13.2 Å². The first-order valence-corrected chi connectivity index (χ1v) is 8.55. The van der Waals surface area contributed by atoms with Gasteiger partial charge in [-0.1, -0.05) is 58.8 Å². The van der Waals surface area contributed by atoms with Crippen molar-refractivity contribution in [3.05, 3.63) is 0 Å². The lowest BCUT2D eigenvalue weighted by atomic mass is 10.1. The van der Waals surface area contributed by atoms with Gasteiger partial charge in [0.25, 0.3) is 0 Å². The van der Waals surface area contributed by atoms with Gasteiger partial charge in [-0.25, -0.2) is 0 Å². The minimum Gasteiger partial charge on any atom is -0.377 e.